The van der Waals surface area contributed by atoms with Gasteiger partial charge in [-0.05, 0) is 52.3 Å². The lowest BCUT2D eigenvalue weighted by atomic mass is 9.93. The molecule has 294 valence electrons. The Labute approximate surface area is 332 Å². The van der Waals surface area contributed by atoms with Crippen LogP contribution in [0.2, 0.25) is 0 Å². The van der Waals surface area contributed by atoms with Crippen LogP contribution >= 0.6 is 0 Å². The lowest BCUT2D eigenvalue weighted by Gasteiger charge is -2.19. The zero-order valence-electron chi connectivity index (χ0n) is 32.1. The minimum atomic E-state index is -4.23. The highest BCUT2D eigenvalue weighted by molar-refractivity contribution is 7.85. The number of nitrogens with zero attached hydrogens (tertiary/aromatic N) is 1. The number of rotatable bonds is 17. The lowest BCUT2D eigenvalue weighted by Crippen LogP contribution is -2.23. The summed E-state index contributed by atoms with van der Waals surface area (Å²) in [6.07, 6.45) is -1.59. The van der Waals surface area contributed by atoms with Crippen LogP contribution < -0.4 is 14.8 Å². The summed E-state index contributed by atoms with van der Waals surface area (Å²) in [6.45, 7) is 6.81. The van der Waals surface area contributed by atoms with Crippen molar-refractivity contribution < 1.29 is 40.9 Å². The summed E-state index contributed by atoms with van der Waals surface area (Å²) in [4.78, 5) is 26.4. The molecule has 0 aliphatic carbocycles. The third-order valence-electron chi connectivity index (χ3n) is 9.04. The van der Waals surface area contributed by atoms with Crippen molar-refractivity contribution in [1.29, 1.82) is 0 Å². The van der Waals surface area contributed by atoms with Gasteiger partial charge in [0.2, 0.25) is 0 Å². The molecule has 5 aromatic carbocycles. The van der Waals surface area contributed by atoms with E-state index in [1.54, 1.807) is 61.5 Å². The maximum Gasteiger partial charge on any atom is 0.341 e. The normalized spacial score (nSPS) is 11.9. The number of carbonyl (C=O) groups is 2. The highest BCUT2D eigenvalue weighted by atomic mass is 32.2. The first kappa shape index (κ1) is 40.4. The van der Waals surface area contributed by atoms with Crippen molar-refractivity contribution in [3.8, 4) is 33.9 Å². The summed E-state index contributed by atoms with van der Waals surface area (Å²) >= 11 is 0. The molecule has 1 heterocycles. The first-order valence-electron chi connectivity index (χ1n) is 18.5. The van der Waals surface area contributed by atoms with Crippen LogP contribution in [-0.4, -0.2) is 39.1 Å². The third kappa shape index (κ3) is 10.1. The molecule has 1 N–H and O–H groups in total. The monoisotopic (exact) mass is 788 g/mol. The maximum absolute atomic E-state index is 13.5. The van der Waals surface area contributed by atoms with Gasteiger partial charge in [-0.15, -0.1) is 0 Å². The van der Waals surface area contributed by atoms with E-state index in [4.69, 9.17) is 22.9 Å². The summed E-state index contributed by atoms with van der Waals surface area (Å²) in [5, 5.41) is 7.06. The van der Waals surface area contributed by atoms with Gasteiger partial charge in [-0.25, -0.2) is 8.98 Å². The fraction of sp³-hybridized carbons (Fsp3) is 0.222. The molecule has 6 rings (SSSR count). The molecule has 1 atom stereocenters. The number of ether oxygens (including phenoxy) is 3. The quantitative estimate of drug-likeness (QED) is 0.0704. The fourth-order valence-corrected chi connectivity index (χ4v) is 7.34. The lowest BCUT2D eigenvalue weighted by molar-refractivity contribution is -0.149. The van der Waals surface area contributed by atoms with E-state index >= 15 is 0 Å². The Bertz CT molecular complexity index is 2380. The van der Waals surface area contributed by atoms with E-state index in [0.717, 1.165) is 23.8 Å². The summed E-state index contributed by atoms with van der Waals surface area (Å²) < 4.78 is 55.6. The summed E-state index contributed by atoms with van der Waals surface area (Å²) in [5.41, 5.74) is 4.94. The Morgan fingerprint density at radius 3 is 1.86 bits per heavy atom. The van der Waals surface area contributed by atoms with E-state index in [9.17, 15) is 18.0 Å². The average molecular weight is 789 g/mol. The molecule has 6 aromatic rings. The first-order chi connectivity index (χ1) is 27.6. The minimum absolute atomic E-state index is 0.0136. The van der Waals surface area contributed by atoms with Crippen molar-refractivity contribution in [3.63, 3.8) is 0 Å². The number of carbonyl (C=O) groups excluding carboxylic acids is 2. The molecule has 1 amide bonds. The van der Waals surface area contributed by atoms with Crippen molar-refractivity contribution in [1.82, 2.24) is 10.5 Å². The van der Waals surface area contributed by atoms with Gasteiger partial charge in [0.05, 0.1) is 18.2 Å². The van der Waals surface area contributed by atoms with Crippen LogP contribution in [0.3, 0.4) is 0 Å². The molecular formula is C45H44N2O9S. The Hall–Kier alpha value is -6.24. The standard InChI is InChI=1S/C45H44N2O9S/c1-5-46-44(48)41-40(34-21-23-35(24-22-34)42(45(49)52-4)56-57(50,51)29-33-19-13-8-14-20-33)43(55-47-41)37-25-36(30(2)3)38(53-27-31-15-9-6-10-16-31)26-39(37)54-28-32-17-11-7-12-18-32/h6-26,30,42H,5,27-29H2,1-4H3,(H,46,48). The predicted molar refractivity (Wildman–Crippen MR) is 216 cm³/mol. The maximum atomic E-state index is 13.5. The Kier molecular flexibility index (Phi) is 13.2. The van der Waals surface area contributed by atoms with Crippen LogP contribution in [0.1, 0.15) is 71.1 Å². The molecule has 0 radical (unpaired) electrons. The largest absolute Gasteiger partial charge is 0.488 e. The third-order valence-corrected chi connectivity index (χ3v) is 10.2. The molecule has 0 saturated heterocycles. The molecule has 1 aromatic heterocycles. The highest BCUT2D eigenvalue weighted by Gasteiger charge is 2.31. The van der Waals surface area contributed by atoms with Crippen LogP contribution in [-0.2, 0) is 42.8 Å². The number of hydrogen-bond acceptors (Lipinski definition) is 10. The van der Waals surface area contributed by atoms with E-state index in [1.807, 2.05) is 72.8 Å². The van der Waals surface area contributed by atoms with Gasteiger partial charge in [-0.2, -0.15) is 8.42 Å². The molecule has 0 saturated carbocycles. The van der Waals surface area contributed by atoms with Gasteiger partial charge in [-0.3, -0.25) is 4.79 Å². The molecular weight excluding hydrogens is 745 g/mol. The molecule has 0 fully saturated rings. The van der Waals surface area contributed by atoms with Crippen molar-refractivity contribution in [2.45, 2.75) is 51.8 Å². The number of benzene rings is 5. The van der Waals surface area contributed by atoms with Crippen LogP contribution in [0.15, 0.2) is 132 Å². The van der Waals surface area contributed by atoms with Crippen molar-refractivity contribution in [2.75, 3.05) is 13.7 Å². The highest BCUT2D eigenvalue weighted by Crippen LogP contribution is 2.45. The Morgan fingerprint density at radius 1 is 0.754 bits per heavy atom. The molecule has 0 aliphatic rings. The van der Waals surface area contributed by atoms with Crippen LogP contribution in [0.4, 0.5) is 0 Å². The molecule has 57 heavy (non-hydrogen) atoms. The van der Waals surface area contributed by atoms with Gasteiger partial charge in [0.1, 0.15) is 30.5 Å². The van der Waals surface area contributed by atoms with Crippen LogP contribution in [0.5, 0.6) is 11.5 Å². The number of methoxy groups -OCH3 is 1. The molecule has 11 nitrogen and oxygen atoms in total. The predicted octanol–water partition coefficient (Wildman–Crippen LogP) is 8.80. The first-order valence-corrected chi connectivity index (χ1v) is 20.1. The summed E-state index contributed by atoms with van der Waals surface area (Å²) in [6, 6.07) is 38.2. The van der Waals surface area contributed by atoms with E-state index in [2.05, 4.69) is 24.3 Å². The van der Waals surface area contributed by atoms with E-state index in [-0.39, 0.29) is 29.5 Å². The topological polar surface area (TPSA) is 143 Å². The zero-order chi connectivity index (χ0) is 40.4. The second-order valence-corrected chi connectivity index (χ2v) is 15.1. The van der Waals surface area contributed by atoms with E-state index in [0.29, 0.717) is 46.9 Å². The molecule has 1 unspecified atom stereocenters. The van der Waals surface area contributed by atoms with Crippen molar-refractivity contribution in [3.05, 3.63) is 161 Å². The van der Waals surface area contributed by atoms with Gasteiger partial charge >= 0.3 is 5.97 Å². The smallest absolute Gasteiger partial charge is 0.341 e. The summed E-state index contributed by atoms with van der Waals surface area (Å²) in [7, 11) is -3.07. The van der Waals surface area contributed by atoms with E-state index in [1.165, 1.54) is 0 Å². The average Bonchev–Trinajstić information content (AvgIpc) is 3.67. The number of amides is 1. The SMILES string of the molecule is CCNC(=O)c1noc(-c2cc(C(C)C)c(OCc3ccccc3)cc2OCc2ccccc2)c1-c1ccc(C(OS(=O)(=O)Cc2ccccc2)C(=O)OC)cc1. The van der Waals surface area contributed by atoms with Gasteiger partial charge in [0.25, 0.3) is 16.0 Å². The molecule has 0 aliphatic heterocycles. The second-order valence-electron chi connectivity index (χ2n) is 13.5. The molecule has 12 heteroatoms. The second kappa shape index (κ2) is 18.6. The van der Waals surface area contributed by atoms with Crippen molar-refractivity contribution in [2.24, 2.45) is 0 Å². The number of nitrogens with one attached hydrogen (secondary N) is 1. The number of esters is 1. The number of hydrogen-bond donors (Lipinski definition) is 1. The van der Waals surface area contributed by atoms with Gasteiger partial charge < -0.3 is 24.1 Å². The zero-order valence-corrected chi connectivity index (χ0v) is 33.0. The van der Waals surface area contributed by atoms with Gasteiger partial charge in [0, 0.05) is 12.6 Å². The van der Waals surface area contributed by atoms with Crippen LogP contribution in [0.25, 0.3) is 22.5 Å². The van der Waals surface area contributed by atoms with Crippen molar-refractivity contribution >= 4 is 22.0 Å². The molecule has 0 spiro atoms. The summed E-state index contributed by atoms with van der Waals surface area (Å²) in [5.74, 6) is -0.467. The van der Waals surface area contributed by atoms with Gasteiger partial charge in [-0.1, -0.05) is 134 Å². The minimum Gasteiger partial charge on any atom is -0.488 e. The fourth-order valence-electron chi connectivity index (χ4n) is 6.18. The van der Waals surface area contributed by atoms with Crippen LogP contribution in [0, 0.1) is 0 Å². The van der Waals surface area contributed by atoms with Gasteiger partial charge in [0.15, 0.2) is 17.6 Å². The molecule has 0 bridgehead atoms. The number of aromatic nitrogens is 1. The van der Waals surface area contributed by atoms with E-state index < -0.39 is 33.9 Å². The Morgan fingerprint density at radius 2 is 1.32 bits per heavy atom. The Balaban J connectivity index is 1.43.